The monoisotopic (exact) mass is 304 g/mol. The molecule has 0 heterocycles. The first-order valence-electron chi connectivity index (χ1n) is 8.47. The second kappa shape index (κ2) is 8.18. The second-order valence-electron chi connectivity index (χ2n) is 6.22. The SMILES string of the molecule is CCc1ccc(CC)c(NC(=O)NCC2CCCC(O)C2)c1. The standard InChI is InChI=1S/C18H28N2O2/c1-3-13-8-9-15(4-2)17(11-13)20-18(22)19-12-14-6-5-7-16(21)10-14/h8-9,11,14,16,21H,3-7,10,12H2,1-2H3,(H2,19,20,22). The highest BCUT2D eigenvalue weighted by molar-refractivity contribution is 5.90. The van der Waals surface area contributed by atoms with Gasteiger partial charge in [-0.25, -0.2) is 4.79 Å². The zero-order valence-electron chi connectivity index (χ0n) is 13.7. The van der Waals surface area contributed by atoms with Gasteiger partial charge in [0, 0.05) is 12.2 Å². The summed E-state index contributed by atoms with van der Waals surface area (Å²) in [6.45, 7) is 4.84. The lowest BCUT2D eigenvalue weighted by Crippen LogP contribution is -2.35. The Balaban J connectivity index is 1.88. The minimum Gasteiger partial charge on any atom is -0.393 e. The van der Waals surface area contributed by atoms with Crippen LogP contribution in [0.3, 0.4) is 0 Å². The molecule has 0 saturated heterocycles. The van der Waals surface area contributed by atoms with Gasteiger partial charge in [0.15, 0.2) is 0 Å². The third-order valence-electron chi connectivity index (χ3n) is 4.52. The minimum absolute atomic E-state index is 0.150. The Morgan fingerprint density at radius 3 is 2.77 bits per heavy atom. The van der Waals surface area contributed by atoms with Gasteiger partial charge in [0.05, 0.1) is 6.10 Å². The molecule has 122 valence electrons. The van der Waals surface area contributed by atoms with Crippen molar-refractivity contribution in [1.82, 2.24) is 5.32 Å². The predicted molar refractivity (Wildman–Crippen MR) is 90.2 cm³/mol. The first-order chi connectivity index (χ1) is 10.6. The van der Waals surface area contributed by atoms with Gasteiger partial charge in [-0.15, -0.1) is 0 Å². The van der Waals surface area contributed by atoms with Crippen molar-refractivity contribution in [2.24, 2.45) is 5.92 Å². The van der Waals surface area contributed by atoms with E-state index in [2.05, 4.69) is 42.7 Å². The molecule has 0 aliphatic heterocycles. The van der Waals surface area contributed by atoms with E-state index in [1.54, 1.807) is 0 Å². The molecule has 0 bridgehead atoms. The molecule has 1 aromatic rings. The van der Waals surface area contributed by atoms with Gasteiger partial charge in [0.1, 0.15) is 0 Å². The third kappa shape index (κ3) is 4.73. The summed E-state index contributed by atoms with van der Waals surface area (Å²) in [5.74, 6) is 0.391. The van der Waals surface area contributed by atoms with Crippen molar-refractivity contribution in [3.63, 3.8) is 0 Å². The number of hydrogen-bond acceptors (Lipinski definition) is 2. The number of aliphatic hydroxyl groups excluding tert-OH is 1. The Hall–Kier alpha value is -1.55. The Labute approximate surface area is 133 Å². The molecule has 1 fully saturated rings. The third-order valence-corrected chi connectivity index (χ3v) is 4.52. The van der Waals surface area contributed by atoms with Crippen LogP contribution in [-0.2, 0) is 12.8 Å². The first kappa shape index (κ1) is 16.8. The lowest BCUT2D eigenvalue weighted by Gasteiger charge is -2.26. The normalized spacial score (nSPS) is 21.4. The van der Waals surface area contributed by atoms with Crippen molar-refractivity contribution >= 4 is 11.7 Å². The predicted octanol–water partition coefficient (Wildman–Crippen LogP) is 3.48. The van der Waals surface area contributed by atoms with E-state index in [9.17, 15) is 9.90 Å². The Bertz CT molecular complexity index is 502. The molecule has 2 rings (SSSR count). The highest BCUT2D eigenvalue weighted by atomic mass is 16.3. The summed E-state index contributed by atoms with van der Waals surface area (Å²) in [4.78, 5) is 12.1. The number of anilines is 1. The van der Waals surface area contributed by atoms with Crippen LogP contribution in [0.25, 0.3) is 0 Å². The van der Waals surface area contributed by atoms with Crippen LogP contribution in [0.15, 0.2) is 18.2 Å². The van der Waals surface area contributed by atoms with Gasteiger partial charge in [-0.05, 0) is 55.2 Å². The molecule has 4 heteroatoms. The molecular formula is C18H28N2O2. The van der Waals surface area contributed by atoms with Crippen LogP contribution < -0.4 is 10.6 Å². The summed E-state index contributed by atoms with van der Waals surface area (Å²) in [5.41, 5.74) is 3.28. The smallest absolute Gasteiger partial charge is 0.319 e. The molecule has 0 spiro atoms. The van der Waals surface area contributed by atoms with E-state index < -0.39 is 0 Å². The fraction of sp³-hybridized carbons (Fsp3) is 0.611. The number of aryl methyl sites for hydroxylation is 2. The van der Waals surface area contributed by atoms with E-state index in [-0.39, 0.29) is 12.1 Å². The molecule has 2 unspecified atom stereocenters. The van der Waals surface area contributed by atoms with Crippen LogP contribution in [0.4, 0.5) is 10.5 Å². The largest absolute Gasteiger partial charge is 0.393 e. The number of carbonyl (C=O) groups is 1. The number of amides is 2. The molecule has 1 aliphatic rings. The van der Waals surface area contributed by atoms with Crippen molar-refractivity contribution in [3.05, 3.63) is 29.3 Å². The maximum Gasteiger partial charge on any atom is 0.319 e. The Kier molecular flexibility index (Phi) is 6.25. The highest BCUT2D eigenvalue weighted by Gasteiger charge is 2.20. The maximum atomic E-state index is 12.1. The van der Waals surface area contributed by atoms with Crippen LogP contribution in [-0.4, -0.2) is 23.8 Å². The van der Waals surface area contributed by atoms with E-state index in [4.69, 9.17) is 0 Å². The highest BCUT2D eigenvalue weighted by Crippen LogP contribution is 2.23. The number of aliphatic hydroxyl groups is 1. The van der Waals surface area contributed by atoms with Crippen molar-refractivity contribution in [2.75, 3.05) is 11.9 Å². The summed E-state index contributed by atoms with van der Waals surface area (Å²) in [6, 6.07) is 6.11. The molecule has 3 N–H and O–H groups in total. The van der Waals surface area contributed by atoms with Crippen LogP contribution in [0.5, 0.6) is 0 Å². The van der Waals surface area contributed by atoms with Crippen molar-refractivity contribution in [1.29, 1.82) is 0 Å². The lowest BCUT2D eigenvalue weighted by molar-refractivity contribution is 0.101. The molecule has 1 aromatic carbocycles. The summed E-state index contributed by atoms with van der Waals surface area (Å²) >= 11 is 0. The molecule has 2 atom stereocenters. The van der Waals surface area contributed by atoms with Gasteiger partial charge >= 0.3 is 6.03 Å². The van der Waals surface area contributed by atoms with Gasteiger partial charge in [0.2, 0.25) is 0 Å². The van der Waals surface area contributed by atoms with E-state index in [0.29, 0.717) is 12.5 Å². The number of urea groups is 1. The summed E-state index contributed by atoms with van der Waals surface area (Å²) in [5, 5.41) is 15.6. The van der Waals surface area contributed by atoms with E-state index in [1.807, 2.05) is 0 Å². The molecule has 22 heavy (non-hydrogen) atoms. The van der Waals surface area contributed by atoms with Gasteiger partial charge in [-0.2, -0.15) is 0 Å². The Morgan fingerprint density at radius 2 is 2.09 bits per heavy atom. The van der Waals surface area contributed by atoms with Crippen molar-refractivity contribution < 1.29 is 9.90 Å². The minimum atomic E-state index is -0.198. The molecule has 0 aromatic heterocycles. The van der Waals surface area contributed by atoms with Crippen LogP contribution in [0.2, 0.25) is 0 Å². The molecule has 2 amide bonds. The van der Waals surface area contributed by atoms with Gasteiger partial charge in [-0.1, -0.05) is 32.4 Å². The molecule has 4 nitrogen and oxygen atoms in total. The fourth-order valence-corrected chi connectivity index (χ4v) is 3.12. The number of nitrogens with one attached hydrogen (secondary N) is 2. The topological polar surface area (TPSA) is 61.4 Å². The maximum absolute atomic E-state index is 12.1. The number of hydrogen-bond donors (Lipinski definition) is 3. The Morgan fingerprint density at radius 1 is 1.27 bits per heavy atom. The van der Waals surface area contributed by atoms with E-state index in [0.717, 1.165) is 49.8 Å². The van der Waals surface area contributed by atoms with Crippen LogP contribution in [0.1, 0.15) is 50.7 Å². The first-order valence-corrected chi connectivity index (χ1v) is 8.47. The van der Waals surface area contributed by atoms with Gasteiger partial charge in [0.25, 0.3) is 0 Å². The van der Waals surface area contributed by atoms with Crippen LogP contribution in [0, 0.1) is 5.92 Å². The summed E-state index contributed by atoms with van der Waals surface area (Å²) < 4.78 is 0. The average Bonchev–Trinajstić information content (AvgIpc) is 2.53. The molecule has 1 saturated carbocycles. The van der Waals surface area contributed by atoms with E-state index >= 15 is 0 Å². The van der Waals surface area contributed by atoms with Crippen molar-refractivity contribution in [3.8, 4) is 0 Å². The molecular weight excluding hydrogens is 276 g/mol. The number of rotatable bonds is 5. The zero-order valence-corrected chi connectivity index (χ0v) is 13.7. The van der Waals surface area contributed by atoms with Crippen LogP contribution >= 0.6 is 0 Å². The van der Waals surface area contributed by atoms with Gasteiger partial charge in [-0.3, -0.25) is 0 Å². The zero-order chi connectivity index (χ0) is 15.9. The second-order valence-corrected chi connectivity index (χ2v) is 6.22. The quantitative estimate of drug-likeness (QED) is 0.780. The number of benzene rings is 1. The summed E-state index contributed by atoms with van der Waals surface area (Å²) in [6.07, 6.45) is 5.49. The fourth-order valence-electron chi connectivity index (χ4n) is 3.12. The van der Waals surface area contributed by atoms with Gasteiger partial charge < -0.3 is 15.7 Å². The van der Waals surface area contributed by atoms with E-state index in [1.165, 1.54) is 5.56 Å². The molecule has 0 radical (unpaired) electrons. The number of carbonyl (C=O) groups excluding carboxylic acids is 1. The molecule has 1 aliphatic carbocycles. The van der Waals surface area contributed by atoms with Crippen molar-refractivity contribution in [2.45, 2.75) is 58.5 Å². The lowest BCUT2D eigenvalue weighted by atomic mass is 9.87. The summed E-state index contributed by atoms with van der Waals surface area (Å²) in [7, 11) is 0. The average molecular weight is 304 g/mol.